The van der Waals surface area contributed by atoms with E-state index in [0.717, 1.165) is 69.2 Å². The second-order valence-electron chi connectivity index (χ2n) is 9.85. The van der Waals surface area contributed by atoms with Crippen LogP contribution >= 0.6 is 11.3 Å². The van der Waals surface area contributed by atoms with Crippen molar-refractivity contribution in [2.75, 3.05) is 44.2 Å². The van der Waals surface area contributed by atoms with Crippen molar-refractivity contribution in [1.29, 1.82) is 0 Å². The molecule has 0 radical (unpaired) electrons. The van der Waals surface area contributed by atoms with E-state index in [9.17, 15) is 8.42 Å². The van der Waals surface area contributed by atoms with Gasteiger partial charge >= 0.3 is 0 Å². The number of pyridine rings is 1. The first kappa shape index (κ1) is 23.9. The third kappa shape index (κ3) is 4.52. The van der Waals surface area contributed by atoms with Crippen LogP contribution < -0.4 is 4.90 Å². The van der Waals surface area contributed by atoms with Crippen LogP contribution in [0.25, 0.3) is 20.9 Å². The van der Waals surface area contributed by atoms with E-state index < -0.39 is 10.0 Å². The number of benzene rings is 2. The smallest absolute Gasteiger partial charge is 0.243 e. The van der Waals surface area contributed by atoms with Crippen LogP contribution in [0.1, 0.15) is 25.7 Å². The van der Waals surface area contributed by atoms with Crippen LogP contribution in [-0.4, -0.2) is 67.9 Å². The van der Waals surface area contributed by atoms with E-state index in [2.05, 4.69) is 44.4 Å². The van der Waals surface area contributed by atoms with Crippen molar-refractivity contribution in [2.45, 2.75) is 36.6 Å². The molecule has 0 N–H and O–H groups in total. The number of hydrogen-bond acceptors (Lipinski definition) is 6. The van der Waals surface area contributed by atoms with Gasteiger partial charge in [0.25, 0.3) is 0 Å². The van der Waals surface area contributed by atoms with E-state index in [1.807, 2.05) is 18.2 Å². The summed E-state index contributed by atoms with van der Waals surface area (Å²) in [5.74, 6) is 0. The van der Waals surface area contributed by atoms with Gasteiger partial charge in [-0.2, -0.15) is 4.31 Å². The summed E-state index contributed by atoms with van der Waals surface area (Å²) < 4.78 is 30.8. The Kier molecular flexibility index (Phi) is 6.69. The highest BCUT2D eigenvalue weighted by atomic mass is 32.2. The van der Waals surface area contributed by atoms with Crippen LogP contribution in [-0.2, 0) is 10.0 Å². The lowest BCUT2D eigenvalue weighted by atomic mass is 10.0. The average molecular weight is 521 g/mol. The van der Waals surface area contributed by atoms with Crippen molar-refractivity contribution in [3.63, 3.8) is 0 Å². The molecule has 2 saturated heterocycles. The zero-order valence-electron chi connectivity index (χ0n) is 20.4. The maximum Gasteiger partial charge on any atom is 0.243 e. The number of nitrogens with zero attached hydrogens (tertiary/aromatic N) is 4. The molecule has 2 aromatic carbocycles. The summed E-state index contributed by atoms with van der Waals surface area (Å²) in [6.45, 7) is 5.57. The molecular formula is C28H32N4O2S2. The van der Waals surface area contributed by atoms with Gasteiger partial charge in [0.15, 0.2) is 0 Å². The molecule has 188 valence electrons. The highest BCUT2D eigenvalue weighted by Crippen LogP contribution is 2.33. The molecule has 2 aromatic heterocycles. The Morgan fingerprint density at radius 2 is 1.78 bits per heavy atom. The normalized spacial score (nSPS) is 20.3. The van der Waals surface area contributed by atoms with E-state index in [4.69, 9.17) is 0 Å². The molecule has 0 saturated carbocycles. The highest BCUT2D eigenvalue weighted by molar-refractivity contribution is 7.89. The predicted molar refractivity (Wildman–Crippen MR) is 148 cm³/mol. The lowest BCUT2D eigenvalue weighted by Crippen LogP contribution is -2.49. The molecule has 4 aromatic rings. The summed E-state index contributed by atoms with van der Waals surface area (Å²) in [7, 11) is -3.57. The molecule has 2 fully saturated rings. The number of piperidine rings is 1. The van der Waals surface area contributed by atoms with Crippen LogP contribution in [0.5, 0.6) is 0 Å². The second-order valence-corrected chi connectivity index (χ2v) is 12.7. The molecule has 1 unspecified atom stereocenters. The molecular weight excluding hydrogens is 488 g/mol. The van der Waals surface area contributed by atoms with Gasteiger partial charge in [-0.05, 0) is 61.5 Å². The van der Waals surface area contributed by atoms with Crippen molar-refractivity contribution in [3.05, 3.63) is 66.3 Å². The van der Waals surface area contributed by atoms with Gasteiger partial charge in [-0.25, -0.2) is 8.42 Å². The maximum absolute atomic E-state index is 13.8. The van der Waals surface area contributed by atoms with Crippen LogP contribution in [0.2, 0.25) is 0 Å². The van der Waals surface area contributed by atoms with E-state index in [0.29, 0.717) is 11.4 Å². The molecule has 6 nitrogen and oxygen atoms in total. The van der Waals surface area contributed by atoms with Gasteiger partial charge < -0.3 is 4.90 Å². The first-order valence-corrected chi connectivity index (χ1v) is 15.2. The zero-order chi connectivity index (χ0) is 24.5. The summed E-state index contributed by atoms with van der Waals surface area (Å²) in [6, 6.07) is 16.2. The summed E-state index contributed by atoms with van der Waals surface area (Å²) in [4.78, 5) is 9.58. The van der Waals surface area contributed by atoms with Gasteiger partial charge in [0.1, 0.15) is 0 Å². The SMILES string of the molecule is O=S(=O)(c1cccc2cnccc12)N1CCCCC1CCN1CCN(c2cccc3sccc23)CC1. The second kappa shape index (κ2) is 10.1. The monoisotopic (exact) mass is 520 g/mol. The highest BCUT2D eigenvalue weighted by Gasteiger charge is 2.34. The lowest BCUT2D eigenvalue weighted by molar-refractivity contribution is 0.193. The van der Waals surface area contributed by atoms with Crippen LogP contribution in [0.3, 0.4) is 0 Å². The number of fused-ring (bicyclic) bond motifs is 2. The minimum absolute atomic E-state index is 0.0541. The van der Waals surface area contributed by atoms with Crippen molar-refractivity contribution in [3.8, 4) is 0 Å². The molecule has 0 aliphatic carbocycles. The van der Waals surface area contributed by atoms with Gasteiger partial charge in [-0.1, -0.05) is 24.6 Å². The van der Waals surface area contributed by atoms with E-state index in [-0.39, 0.29) is 6.04 Å². The van der Waals surface area contributed by atoms with Crippen LogP contribution in [0.4, 0.5) is 5.69 Å². The fraction of sp³-hybridized carbons (Fsp3) is 0.393. The first-order chi connectivity index (χ1) is 17.6. The van der Waals surface area contributed by atoms with Gasteiger partial charge in [0.2, 0.25) is 10.0 Å². The molecule has 4 heterocycles. The summed E-state index contributed by atoms with van der Waals surface area (Å²) in [6.07, 6.45) is 7.24. The molecule has 6 rings (SSSR count). The Labute approximate surface area is 217 Å². The molecule has 2 aliphatic rings. The number of hydrogen-bond donors (Lipinski definition) is 0. The maximum atomic E-state index is 13.8. The molecule has 2 aliphatic heterocycles. The predicted octanol–water partition coefficient (Wildman–Crippen LogP) is 5.21. The number of piperazine rings is 1. The Morgan fingerprint density at radius 3 is 2.67 bits per heavy atom. The van der Waals surface area contributed by atoms with Gasteiger partial charge in [0, 0.05) is 77.7 Å². The molecule has 1 atom stereocenters. The Bertz CT molecular complexity index is 1460. The number of aromatic nitrogens is 1. The lowest BCUT2D eigenvalue weighted by Gasteiger charge is -2.39. The van der Waals surface area contributed by atoms with Crippen molar-refractivity contribution in [1.82, 2.24) is 14.2 Å². The van der Waals surface area contributed by atoms with Crippen LogP contribution in [0, 0.1) is 0 Å². The average Bonchev–Trinajstić information content (AvgIpc) is 3.41. The van der Waals surface area contributed by atoms with E-state index in [1.165, 1.54) is 15.8 Å². The molecule has 0 spiro atoms. The largest absolute Gasteiger partial charge is 0.368 e. The third-order valence-electron chi connectivity index (χ3n) is 7.76. The Balaban J connectivity index is 1.13. The first-order valence-electron chi connectivity index (χ1n) is 12.9. The van der Waals surface area contributed by atoms with E-state index >= 15 is 0 Å². The minimum Gasteiger partial charge on any atom is -0.368 e. The van der Waals surface area contributed by atoms with E-state index in [1.54, 1.807) is 34.1 Å². The number of thiophene rings is 1. The van der Waals surface area contributed by atoms with Crippen molar-refractivity contribution in [2.24, 2.45) is 0 Å². The molecule has 0 bridgehead atoms. The third-order valence-corrected chi connectivity index (χ3v) is 10.7. The van der Waals surface area contributed by atoms with Gasteiger partial charge in [0.05, 0.1) is 4.90 Å². The zero-order valence-corrected chi connectivity index (χ0v) is 22.1. The molecule has 8 heteroatoms. The minimum atomic E-state index is -3.57. The fourth-order valence-corrected chi connectivity index (χ4v) is 8.57. The Hall–Kier alpha value is -2.52. The summed E-state index contributed by atoms with van der Waals surface area (Å²) >= 11 is 1.80. The topological polar surface area (TPSA) is 56.8 Å². The van der Waals surface area contributed by atoms with Gasteiger partial charge in [-0.15, -0.1) is 11.3 Å². The molecule has 36 heavy (non-hydrogen) atoms. The van der Waals surface area contributed by atoms with Gasteiger partial charge in [-0.3, -0.25) is 9.88 Å². The Morgan fingerprint density at radius 1 is 0.917 bits per heavy atom. The number of sulfonamides is 1. The van der Waals surface area contributed by atoms with Crippen LogP contribution in [0.15, 0.2) is 71.2 Å². The quantitative estimate of drug-likeness (QED) is 0.350. The van der Waals surface area contributed by atoms with Crippen molar-refractivity contribution >= 4 is 47.9 Å². The summed E-state index contributed by atoms with van der Waals surface area (Å²) in [5, 5.41) is 5.14. The summed E-state index contributed by atoms with van der Waals surface area (Å²) in [5.41, 5.74) is 1.34. The fourth-order valence-electron chi connectivity index (χ4n) is 5.82. The standard InChI is InChI=1S/C28H32N4O2S2/c33-36(34,28-9-3-5-22-21-29-13-10-24(22)28)32-14-2-1-6-23(32)11-15-30-16-18-31(19-17-30)26-7-4-8-27-25(26)12-20-35-27/h3-5,7-10,12-13,20-21,23H,1-2,6,11,14-19H2. The molecule has 0 amide bonds. The number of rotatable bonds is 6. The number of anilines is 1. The van der Waals surface area contributed by atoms with Crippen molar-refractivity contribution < 1.29 is 8.42 Å².